The summed E-state index contributed by atoms with van der Waals surface area (Å²) in [5.41, 5.74) is 5.97. The van der Waals surface area contributed by atoms with Crippen LogP contribution in [0.4, 0.5) is 21.0 Å². The predicted octanol–water partition coefficient (Wildman–Crippen LogP) is 2.09. The molecule has 2 aromatic rings. The molecule has 3 heterocycles. The summed E-state index contributed by atoms with van der Waals surface area (Å²) in [6.07, 6.45) is 5.08. The molecule has 4 rings (SSSR count). The highest BCUT2D eigenvalue weighted by Crippen LogP contribution is 2.28. The summed E-state index contributed by atoms with van der Waals surface area (Å²) < 4.78 is 19.4. The Balaban J connectivity index is 1.52. The molecule has 29 heavy (non-hydrogen) atoms. The SMILES string of the molecule is NC(=O)[C@H]1CC[C@H](Nc2ncc(F)c(-c3ccnc(N4CCOC4=O)c3)n2)CC1. The second kappa shape index (κ2) is 7.98. The zero-order valence-electron chi connectivity index (χ0n) is 15.7. The fraction of sp³-hybridized carbons (Fsp3) is 0.421. The molecule has 2 fully saturated rings. The molecular weight excluding hydrogens is 379 g/mol. The molecule has 1 saturated heterocycles. The minimum atomic E-state index is -0.575. The number of halogens is 1. The molecule has 2 aliphatic rings. The molecule has 0 unspecified atom stereocenters. The summed E-state index contributed by atoms with van der Waals surface area (Å²) in [6, 6.07) is 3.31. The third-order valence-electron chi connectivity index (χ3n) is 5.26. The van der Waals surface area contributed by atoms with Crippen LogP contribution in [0.2, 0.25) is 0 Å². The number of nitrogens with one attached hydrogen (secondary N) is 1. The molecule has 0 spiro atoms. The molecule has 1 aliphatic carbocycles. The first-order valence-corrected chi connectivity index (χ1v) is 9.50. The average Bonchev–Trinajstić information content (AvgIpc) is 3.16. The van der Waals surface area contributed by atoms with Crippen molar-refractivity contribution in [1.29, 1.82) is 0 Å². The Labute approximate surface area is 166 Å². The summed E-state index contributed by atoms with van der Waals surface area (Å²) in [6.45, 7) is 0.682. The molecular formula is C19H21FN6O3. The van der Waals surface area contributed by atoms with Crippen LogP contribution >= 0.6 is 0 Å². The van der Waals surface area contributed by atoms with Gasteiger partial charge in [-0.1, -0.05) is 0 Å². The van der Waals surface area contributed by atoms with E-state index in [2.05, 4.69) is 20.3 Å². The number of hydrogen-bond acceptors (Lipinski definition) is 7. The van der Waals surface area contributed by atoms with E-state index < -0.39 is 11.9 Å². The average molecular weight is 400 g/mol. The van der Waals surface area contributed by atoms with Crippen LogP contribution in [0, 0.1) is 11.7 Å². The number of carbonyl (C=O) groups is 2. The van der Waals surface area contributed by atoms with Crippen LogP contribution in [0.15, 0.2) is 24.5 Å². The number of aromatic nitrogens is 3. The van der Waals surface area contributed by atoms with Crippen LogP contribution in [-0.4, -0.2) is 46.1 Å². The first kappa shape index (κ1) is 19.0. The van der Waals surface area contributed by atoms with Gasteiger partial charge in [0, 0.05) is 23.7 Å². The van der Waals surface area contributed by atoms with Crippen LogP contribution in [0.25, 0.3) is 11.3 Å². The molecule has 152 valence electrons. The molecule has 3 N–H and O–H groups in total. The number of primary amides is 1. The maximum atomic E-state index is 14.4. The zero-order valence-corrected chi connectivity index (χ0v) is 15.7. The minimum absolute atomic E-state index is 0.0923. The van der Waals surface area contributed by atoms with Crippen LogP contribution in [-0.2, 0) is 9.53 Å². The monoisotopic (exact) mass is 400 g/mol. The van der Waals surface area contributed by atoms with E-state index in [0.717, 1.165) is 19.0 Å². The summed E-state index contributed by atoms with van der Waals surface area (Å²) >= 11 is 0. The summed E-state index contributed by atoms with van der Waals surface area (Å²) in [7, 11) is 0. The molecule has 0 atom stereocenters. The smallest absolute Gasteiger partial charge is 0.415 e. The molecule has 0 bridgehead atoms. The van der Waals surface area contributed by atoms with Crippen molar-refractivity contribution in [2.45, 2.75) is 31.7 Å². The molecule has 2 amide bonds. The van der Waals surface area contributed by atoms with Gasteiger partial charge in [0.15, 0.2) is 5.82 Å². The van der Waals surface area contributed by atoms with Crippen molar-refractivity contribution < 1.29 is 18.7 Å². The maximum Gasteiger partial charge on any atom is 0.415 e. The van der Waals surface area contributed by atoms with Crippen LogP contribution < -0.4 is 16.0 Å². The van der Waals surface area contributed by atoms with Gasteiger partial charge in [0.05, 0.1) is 12.7 Å². The van der Waals surface area contributed by atoms with Gasteiger partial charge in [-0.25, -0.2) is 24.1 Å². The number of pyridine rings is 1. The van der Waals surface area contributed by atoms with E-state index in [9.17, 15) is 14.0 Å². The number of nitrogens with two attached hydrogens (primary N) is 1. The van der Waals surface area contributed by atoms with Gasteiger partial charge < -0.3 is 15.8 Å². The predicted molar refractivity (Wildman–Crippen MR) is 102 cm³/mol. The van der Waals surface area contributed by atoms with Crippen molar-refractivity contribution in [3.63, 3.8) is 0 Å². The van der Waals surface area contributed by atoms with E-state index in [1.54, 1.807) is 12.1 Å². The van der Waals surface area contributed by atoms with E-state index in [0.29, 0.717) is 43.3 Å². The van der Waals surface area contributed by atoms with Crippen LogP contribution in [0.1, 0.15) is 25.7 Å². The molecule has 10 heteroatoms. The van der Waals surface area contributed by atoms with Crippen molar-refractivity contribution in [1.82, 2.24) is 15.0 Å². The normalized spacial score (nSPS) is 21.7. The van der Waals surface area contributed by atoms with Gasteiger partial charge in [0.2, 0.25) is 11.9 Å². The Morgan fingerprint density at radius 1 is 1.28 bits per heavy atom. The standard InChI is InChI=1S/C19H21FN6O3/c20-14-10-23-18(24-13-3-1-11(2-4-13)17(21)27)25-16(14)12-5-6-22-15(9-12)26-7-8-29-19(26)28/h5-6,9-11,13H,1-4,7-8H2,(H2,21,27)(H,23,24,25)/t11-,13-. The molecule has 2 aromatic heterocycles. The minimum Gasteiger partial charge on any atom is -0.447 e. The van der Waals surface area contributed by atoms with E-state index in [4.69, 9.17) is 10.5 Å². The van der Waals surface area contributed by atoms with Crippen molar-refractivity contribution in [3.8, 4) is 11.3 Å². The summed E-state index contributed by atoms with van der Waals surface area (Å²) in [4.78, 5) is 37.0. The number of amides is 2. The van der Waals surface area contributed by atoms with Gasteiger partial charge in [-0.3, -0.25) is 9.69 Å². The number of rotatable bonds is 5. The highest BCUT2D eigenvalue weighted by molar-refractivity contribution is 5.88. The Hall–Kier alpha value is -3.30. The van der Waals surface area contributed by atoms with Crippen molar-refractivity contribution in [3.05, 3.63) is 30.3 Å². The third-order valence-corrected chi connectivity index (χ3v) is 5.26. The van der Waals surface area contributed by atoms with Crippen LogP contribution in [0.5, 0.6) is 0 Å². The lowest BCUT2D eigenvalue weighted by Crippen LogP contribution is -2.32. The summed E-state index contributed by atoms with van der Waals surface area (Å²) in [5.74, 6) is -0.247. The van der Waals surface area contributed by atoms with Gasteiger partial charge in [0.1, 0.15) is 18.1 Å². The highest BCUT2D eigenvalue weighted by Gasteiger charge is 2.26. The van der Waals surface area contributed by atoms with Crippen molar-refractivity contribution >= 4 is 23.8 Å². The third kappa shape index (κ3) is 4.10. The number of anilines is 2. The topological polar surface area (TPSA) is 123 Å². The number of carbonyl (C=O) groups excluding carboxylic acids is 2. The Morgan fingerprint density at radius 2 is 2.07 bits per heavy atom. The largest absolute Gasteiger partial charge is 0.447 e. The van der Waals surface area contributed by atoms with Gasteiger partial charge in [0.25, 0.3) is 0 Å². The second-order valence-corrected chi connectivity index (χ2v) is 7.15. The van der Waals surface area contributed by atoms with Gasteiger partial charge in [-0.05, 0) is 37.8 Å². The lowest BCUT2D eigenvalue weighted by Gasteiger charge is -2.27. The van der Waals surface area contributed by atoms with E-state index in [-0.39, 0.29) is 23.6 Å². The number of nitrogens with zero attached hydrogens (tertiary/aromatic N) is 4. The Bertz CT molecular complexity index is 932. The van der Waals surface area contributed by atoms with Crippen molar-refractivity contribution in [2.75, 3.05) is 23.4 Å². The Kier molecular flexibility index (Phi) is 5.24. The van der Waals surface area contributed by atoms with Gasteiger partial charge in [-0.15, -0.1) is 0 Å². The number of hydrogen-bond donors (Lipinski definition) is 2. The molecule has 0 radical (unpaired) electrons. The zero-order chi connectivity index (χ0) is 20.4. The molecule has 1 saturated carbocycles. The fourth-order valence-corrected chi connectivity index (χ4v) is 3.66. The van der Waals surface area contributed by atoms with Crippen molar-refractivity contribution in [2.24, 2.45) is 11.7 Å². The number of cyclic esters (lactones) is 1. The van der Waals surface area contributed by atoms with E-state index >= 15 is 0 Å². The van der Waals surface area contributed by atoms with Gasteiger partial charge >= 0.3 is 6.09 Å². The number of ether oxygens (including phenoxy) is 1. The molecule has 9 nitrogen and oxygen atoms in total. The van der Waals surface area contributed by atoms with Crippen LogP contribution in [0.3, 0.4) is 0 Å². The first-order chi connectivity index (χ1) is 14.0. The van der Waals surface area contributed by atoms with E-state index in [1.807, 2.05) is 0 Å². The lowest BCUT2D eigenvalue weighted by molar-refractivity contribution is -0.122. The highest BCUT2D eigenvalue weighted by atomic mass is 19.1. The maximum absolute atomic E-state index is 14.4. The summed E-state index contributed by atoms with van der Waals surface area (Å²) in [5, 5.41) is 3.21. The molecule has 1 aliphatic heterocycles. The quantitative estimate of drug-likeness (QED) is 0.788. The second-order valence-electron chi connectivity index (χ2n) is 7.15. The Morgan fingerprint density at radius 3 is 2.76 bits per heavy atom. The van der Waals surface area contributed by atoms with E-state index in [1.165, 1.54) is 11.1 Å². The van der Waals surface area contributed by atoms with Gasteiger partial charge in [-0.2, -0.15) is 0 Å². The lowest BCUT2D eigenvalue weighted by atomic mass is 9.86. The molecule has 0 aromatic carbocycles. The first-order valence-electron chi connectivity index (χ1n) is 9.50. The fourth-order valence-electron chi connectivity index (χ4n) is 3.66.